The van der Waals surface area contributed by atoms with Gasteiger partial charge in [0.2, 0.25) is 0 Å². The van der Waals surface area contributed by atoms with Crippen molar-refractivity contribution >= 4 is 11.6 Å². The predicted molar refractivity (Wildman–Crippen MR) is 71.0 cm³/mol. The quantitative estimate of drug-likeness (QED) is 0.616. The zero-order valence-corrected chi connectivity index (χ0v) is 10.9. The molecule has 1 aromatic heterocycles. The van der Waals surface area contributed by atoms with Gasteiger partial charge < -0.3 is 10.3 Å². The number of nitrogens with zero attached hydrogens (tertiary/aromatic N) is 2. The van der Waals surface area contributed by atoms with E-state index in [1.807, 2.05) is 4.90 Å². The molecule has 1 aromatic rings. The molecule has 0 atom stereocenters. The van der Waals surface area contributed by atoms with E-state index >= 15 is 0 Å². The maximum Gasteiger partial charge on any atom is 0.272 e. The molecule has 5 nitrogen and oxygen atoms in total. The molecule has 2 heterocycles. The van der Waals surface area contributed by atoms with Crippen LogP contribution in [0.5, 0.6) is 0 Å². The minimum Gasteiger partial charge on any atom is -0.337 e. The van der Waals surface area contributed by atoms with Gasteiger partial charge in [0.15, 0.2) is 0 Å². The van der Waals surface area contributed by atoms with Crippen LogP contribution in [0, 0.1) is 5.41 Å². The lowest BCUT2D eigenvalue weighted by atomic mass is 9.82. The smallest absolute Gasteiger partial charge is 0.272 e. The number of rotatable bonds is 2. The third-order valence-corrected chi connectivity index (χ3v) is 3.55. The molecule has 1 aliphatic heterocycles. The van der Waals surface area contributed by atoms with E-state index in [0.717, 1.165) is 25.9 Å². The summed E-state index contributed by atoms with van der Waals surface area (Å²) in [6.07, 6.45) is 3.66. The van der Waals surface area contributed by atoms with Gasteiger partial charge in [-0.2, -0.15) is 0 Å². The zero-order valence-electron chi connectivity index (χ0n) is 10.9. The van der Waals surface area contributed by atoms with Gasteiger partial charge in [0.05, 0.1) is 5.69 Å². The molecule has 1 fully saturated rings. The summed E-state index contributed by atoms with van der Waals surface area (Å²) in [5.41, 5.74) is 4.01. The molecule has 98 valence electrons. The number of pyridine rings is 1. The largest absolute Gasteiger partial charge is 0.337 e. The highest BCUT2D eigenvalue weighted by atomic mass is 16.2. The Kier molecular flexibility index (Phi) is 3.52. The number of carbonyl (C=O) groups is 1. The highest BCUT2D eigenvalue weighted by Crippen LogP contribution is 2.30. The van der Waals surface area contributed by atoms with Gasteiger partial charge in [0.1, 0.15) is 5.69 Å². The van der Waals surface area contributed by atoms with E-state index in [1.54, 1.807) is 18.3 Å². The molecule has 0 aliphatic carbocycles. The molecule has 0 unspecified atom stereocenters. The van der Waals surface area contributed by atoms with Crippen molar-refractivity contribution < 1.29 is 4.79 Å². The number of nitrogen functional groups attached to an aromatic ring is 1. The van der Waals surface area contributed by atoms with Gasteiger partial charge in [-0.05, 0) is 30.4 Å². The number of likely N-dealkylation sites (tertiary alicyclic amines) is 1. The van der Waals surface area contributed by atoms with Crippen molar-refractivity contribution in [1.29, 1.82) is 0 Å². The molecular weight excluding hydrogens is 228 g/mol. The van der Waals surface area contributed by atoms with E-state index in [1.165, 1.54) is 0 Å². The van der Waals surface area contributed by atoms with Gasteiger partial charge in [-0.25, -0.2) is 0 Å². The van der Waals surface area contributed by atoms with E-state index in [-0.39, 0.29) is 5.91 Å². The van der Waals surface area contributed by atoms with Crippen LogP contribution in [0.2, 0.25) is 0 Å². The summed E-state index contributed by atoms with van der Waals surface area (Å²) in [7, 11) is 0. The second kappa shape index (κ2) is 4.94. The number of nitrogens with one attached hydrogen (secondary N) is 1. The molecule has 0 saturated carbocycles. The van der Waals surface area contributed by atoms with Crippen molar-refractivity contribution in [3.05, 3.63) is 24.0 Å². The highest BCUT2D eigenvalue weighted by molar-refractivity contribution is 5.93. The van der Waals surface area contributed by atoms with E-state index in [4.69, 9.17) is 5.84 Å². The normalized spacial score (nSPS) is 18.5. The fourth-order valence-electron chi connectivity index (χ4n) is 2.11. The number of hydrazine groups is 1. The first-order valence-corrected chi connectivity index (χ1v) is 6.24. The van der Waals surface area contributed by atoms with E-state index in [9.17, 15) is 4.79 Å². The number of hydrogen-bond donors (Lipinski definition) is 2. The standard InChI is InChI=1S/C13H20N4O/c1-13(2)4-7-17(8-5-13)12(18)11-9-10(16-14)3-6-15-11/h3,6,9H,4-5,7-8,14H2,1-2H3,(H,15,16). The number of amides is 1. The van der Waals surface area contributed by atoms with E-state index in [2.05, 4.69) is 24.3 Å². The highest BCUT2D eigenvalue weighted by Gasteiger charge is 2.28. The molecule has 3 N–H and O–H groups in total. The van der Waals surface area contributed by atoms with Crippen molar-refractivity contribution in [3.63, 3.8) is 0 Å². The summed E-state index contributed by atoms with van der Waals surface area (Å²) in [5.74, 6) is 5.32. The van der Waals surface area contributed by atoms with Crippen LogP contribution >= 0.6 is 0 Å². The van der Waals surface area contributed by atoms with Crippen molar-refractivity contribution in [1.82, 2.24) is 9.88 Å². The van der Waals surface area contributed by atoms with Crippen molar-refractivity contribution in [2.75, 3.05) is 18.5 Å². The Morgan fingerprint density at radius 2 is 2.11 bits per heavy atom. The maximum atomic E-state index is 12.3. The molecule has 1 saturated heterocycles. The summed E-state index contributed by atoms with van der Waals surface area (Å²) in [5, 5.41) is 0. The summed E-state index contributed by atoms with van der Waals surface area (Å²) in [6.45, 7) is 6.08. The molecule has 0 radical (unpaired) electrons. The van der Waals surface area contributed by atoms with Gasteiger partial charge in [0.25, 0.3) is 5.91 Å². The number of carbonyl (C=O) groups excluding carboxylic acids is 1. The summed E-state index contributed by atoms with van der Waals surface area (Å²) in [6, 6.07) is 3.41. The zero-order chi connectivity index (χ0) is 13.2. The third-order valence-electron chi connectivity index (χ3n) is 3.55. The number of aromatic nitrogens is 1. The van der Waals surface area contributed by atoms with Crippen LogP contribution in [-0.2, 0) is 0 Å². The van der Waals surface area contributed by atoms with Crippen LogP contribution in [0.4, 0.5) is 5.69 Å². The summed E-state index contributed by atoms with van der Waals surface area (Å²) >= 11 is 0. The number of anilines is 1. The lowest BCUT2D eigenvalue weighted by Gasteiger charge is -2.36. The number of nitrogens with two attached hydrogens (primary N) is 1. The molecule has 0 bridgehead atoms. The minimum absolute atomic E-state index is 0.0115. The molecule has 18 heavy (non-hydrogen) atoms. The van der Waals surface area contributed by atoms with Crippen LogP contribution in [0.25, 0.3) is 0 Å². The molecule has 5 heteroatoms. The van der Waals surface area contributed by atoms with Crippen molar-refractivity contribution in [2.24, 2.45) is 11.3 Å². The van der Waals surface area contributed by atoms with E-state index < -0.39 is 0 Å². The monoisotopic (exact) mass is 248 g/mol. The maximum absolute atomic E-state index is 12.3. The van der Waals surface area contributed by atoms with Crippen molar-refractivity contribution in [2.45, 2.75) is 26.7 Å². The molecule has 1 amide bonds. The topological polar surface area (TPSA) is 71.2 Å². The first-order chi connectivity index (χ1) is 8.52. The molecule has 0 spiro atoms. The van der Waals surface area contributed by atoms with E-state index in [0.29, 0.717) is 16.8 Å². The number of hydrogen-bond acceptors (Lipinski definition) is 4. The second-order valence-electron chi connectivity index (χ2n) is 5.53. The van der Waals surface area contributed by atoms with Gasteiger partial charge in [-0.3, -0.25) is 15.6 Å². The fourth-order valence-corrected chi connectivity index (χ4v) is 2.11. The van der Waals surface area contributed by atoms with Crippen LogP contribution in [-0.4, -0.2) is 28.9 Å². The Morgan fingerprint density at radius 3 is 2.72 bits per heavy atom. The Morgan fingerprint density at radius 1 is 1.44 bits per heavy atom. The molecule has 1 aliphatic rings. The van der Waals surface area contributed by atoms with Crippen LogP contribution < -0.4 is 11.3 Å². The molecule has 0 aromatic carbocycles. The summed E-state index contributed by atoms with van der Waals surface area (Å²) in [4.78, 5) is 18.3. The van der Waals surface area contributed by atoms with Crippen molar-refractivity contribution in [3.8, 4) is 0 Å². The Labute approximate surface area is 107 Å². The van der Waals surface area contributed by atoms with Gasteiger partial charge in [-0.1, -0.05) is 13.8 Å². The average molecular weight is 248 g/mol. The SMILES string of the molecule is CC1(C)CCN(C(=O)c2cc(NN)ccn2)CC1. The van der Waals surface area contributed by atoms with Gasteiger partial charge >= 0.3 is 0 Å². The predicted octanol–water partition coefficient (Wildman–Crippen LogP) is 1.63. The van der Waals surface area contributed by atoms with Gasteiger partial charge in [0, 0.05) is 19.3 Å². The van der Waals surface area contributed by atoms with Crippen LogP contribution in [0.1, 0.15) is 37.2 Å². The minimum atomic E-state index is -0.0115. The second-order valence-corrected chi connectivity index (χ2v) is 5.53. The lowest BCUT2D eigenvalue weighted by Crippen LogP contribution is -2.41. The summed E-state index contributed by atoms with van der Waals surface area (Å²) < 4.78 is 0. The van der Waals surface area contributed by atoms with Crippen LogP contribution in [0.3, 0.4) is 0 Å². The Hall–Kier alpha value is -1.62. The Balaban J connectivity index is 2.07. The fraction of sp³-hybridized carbons (Fsp3) is 0.538. The molecular formula is C13H20N4O. The first kappa shape index (κ1) is 12.8. The number of piperidine rings is 1. The van der Waals surface area contributed by atoms with Crippen LogP contribution in [0.15, 0.2) is 18.3 Å². The first-order valence-electron chi connectivity index (χ1n) is 6.24. The Bertz CT molecular complexity index is 434. The van der Waals surface area contributed by atoms with Gasteiger partial charge in [-0.15, -0.1) is 0 Å². The lowest BCUT2D eigenvalue weighted by molar-refractivity contribution is 0.0624. The molecule has 2 rings (SSSR count). The average Bonchev–Trinajstić information content (AvgIpc) is 2.38. The third kappa shape index (κ3) is 2.79.